The number of carbonyl (C=O) groups excluding carboxylic acids is 1. The average molecular weight is 401 g/mol. The molecular formula is C20H30Cl2N2O2. The van der Waals surface area contributed by atoms with Crippen LogP contribution >= 0.6 is 24.8 Å². The van der Waals surface area contributed by atoms with Gasteiger partial charge in [-0.3, -0.25) is 4.79 Å². The van der Waals surface area contributed by atoms with Crippen molar-refractivity contribution in [2.45, 2.75) is 63.3 Å². The summed E-state index contributed by atoms with van der Waals surface area (Å²) in [5.41, 5.74) is 1.06. The number of nitrogens with zero attached hydrogens (tertiary/aromatic N) is 1. The number of piperidine rings is 2. The number of benzene rings is 1. The SMILES string of the molecule is Cl.Cl.O=C(OCc1ccccc1)C1CCN(C2C[C@H]3CC[C@@H](C2)N3)CC1. The molecule has 0 spiro atoms. The molecule has 3 heterocycles. The van der Waals surface area contributed by atoms with Gasteiger partial charge in [-0.25, -0.2) is 0 Å². The highest BCUT2D eigenvalue weighted by Crippen LogP contribution is 2.32. The van der Waals surface area contributed by atoms with Gasteiger partial charge in [-0.1, -0.05) is 30.3 Å². The summed E-state index contributed by atoms with van der Waals surface area (Å²) in [6.07, 6.45) is 7.19. The minimum absolute atomic E-state index is 0. The van der Waals surface area contributed by atoms with Crippen LogP contribution in [0.3, 0.4) is 0 Å². The van der Waals surface area contributed by atoms with Gasteiger partial charge in [-0.15, -0.1) is 24.8 Å². The quantitative estimate of drug-likeness (QED) is 0.784. The highest BCUT2D eigenvalue weighted by Gasteiger charge is 2.37. The first-order chi connectivity index (χ1) is 11.8. The van der Waals surface area contributed by atoms with Crippen molar-refractivity contribution in [3.63, 3.8) is 0 Å². The fourth-order valence-corrected chi connectivity index (χ4v) is 4.67. The van der Waals surface area contributed by atoms with E-state index in [9.17, 15) is 4.79 Å². The van der Waals surface area contributed by atoms with Crippen molar-refractivity contribution in [3.8, 4) is 0 Å². The maximum atomic E-state index is 12.3. The molecule has 3 saturated heterocycles. The summed E-state index contributed by atoms with van der Waals surface area (Å²) in [6, 6.07) is 12.1. The minimum atomic E-state index is -0.0103. The number of ether oxygens (including phenoxy) is 1. The van der Waals surface area contributed by atoms with E-state index in [4.69, 9.17) is 4.74 Å². The van der Waals surface area contributed by atoms with Crippen LogP contribution in [0.15, 0.2) is 30.3 Å². The summed E-state index contributed by atoms with van der Waals surface area (Å²) < 4.78 is 5.52. The largest absolute Gasteiger partial charge is 0.461 e. The second-order valence-corrected chi connectivity index (χ2v) is 7.67. The molecule has 4 nitrogen and oxygen atoms in total. The normalized spacial score (nSPS) is 28.7. The lowest BCUT2D eigenvalue weighted by Crippen LogP contribution is -2.50. The molecule has 146 valence electrons. The zero-order valence-corrected chi connectivity index (χ0v) is 16.8. The van der Waals surface area contributed by atoms with Crippen LogP contribution < -0.4 is 5.32 Å². The van der Waals surface area contributed by atoms with Crippen molar-refractivity contribution >= 4 is 30.8 Å². The molecule has 3 aliphatic rings. The molecule has 0 aliphatic carbocycles. The Balaban J connectivity index is 0.00000121. The van der Waals surface area contributed by atoms with Crippen molar-refractivity contribution in [1.82, 2.24) is 10.2 Å². The van der Waals surface area contributed by atoms with Crippen LogP contribution in [0.2, 0.25) is 0 Å². The Hall–Kier alpha value is -0.810. The first kappa shape index (κ1) is 21.5. The zero-order chi connectivity index (χ0) is 16.4. The molecule has 0 saturated carbocycles. The summed E-state index contributed by atoms with van der Waals surface area (Å²) in [5, 5.41) is 3.72. The third kappa shape index (κ3) is 5.13. The first-order valence-corrected chi connectivity index (χ1v) is 9.48. The number of likely N-dealkylation sites (tertiary alicyclic amines) is 1. The average Bonchev–Trinajstić information content (AvgIpc) is 2.98. The van der Waals surface area contributed by atoms with Crippen LogP contribution in [0.4, 0.5) is 0 Å². The summed E-state index contributed by atoms with van der Waals surface area (Å²) >= 11 is 0. The molecule has 26 heavy (non-hydrogen) atoms. The fourth-order valence-electron chi connectivity index (χ4n) is 4.67. The molecule has 0 amide bonds. The van der Waals surface area contributed by atoms with Gasteiger partial charge in [0.05, 0.1) is 5.92 Å². The van der Waals surface area contributed by atoms with Crippen LogP contribution in [0.1, 0.15) is 44.1 Å². The number of esters is 1. The summed E-state index contributed by atoms with van der Waals surface area (Å²) in [5.74, 6) is 0.0762. The summed E-state index contributed by atoms with van der Waals surface area (Å²) in [6.45, 7) is 2.50. The molecule has 2 bridgehead atoms. The van der Waals surface area contributed by atoms with Crippen molar-refractivity contribution in [1.29, 1.82) is 0 Å². The molecule has 4 rings (SSSR count). The van der Waals surface area contributed by atoms with Gasteiger partial charge in [0.1, 0.15) is 6.61 Å². The maximum absolute atomic E-state index is 12.3. The van der Waals surface area contributed by atoms with Crippen molar-refractivity contribution < 1.29 is 9.53 Å². The van der Waals surface area contributed by atoms with Gasteiger partial charge in [-0.05, 0) is 57.2 Å². The summed E-state index contributed by atoms with van der Waals surface area (Å²) in [4.78, 5) is 14.9. The lowest BCUT2D eigenvalue weighted by molar-refractivity contribution is -0.151. The molecule has 0 aromatic heterocycles. The highest BCUT2D eigenvalue weighted by molar-refractivity contribution is 5.85. The zero-order valence-electron chi connectivity index (χ0n) is 15.1. The number of nitrogens with one attached hydrogen (secondary N) is 1. The Morgan fingerprint density at radius 1 is 1.00 bits per heavy atom. The smallest absolute Gasteiger partial charge is 0.309 e. The number of fused-ring (bicyclic) bond motifs is 2. The second-order valence-electron chi connectivity index (χ2n) is 7.67. The van der Waals surface area contributed by atoms with E-state index in [-0.39, 0.29) is 36.7 Å². The molecule has 3 fully saturated rings. The van der Waals surface area contributed by atoms with E-state index in [2.05, 4.69) is 10.2 Å². The Labute approximate surface area is 168 Å². The van der Waals surface area contributed by atoms with Crippen LogP contribution in [-0.2, 0) is 16.1 Å². The Morgan fingerprint density at radius 3 is 2.23 bits per heavy atom. The molecule has 3 atom stereocenters. The number of rotatable bonds is 4. The molecule has 6 heteroatoms. The van der Waals surface area contributed by atoms with Gasteiger partial charge in [0.2, 0.25) is 0 Å². The number of halogens is 2. The molecule has 3 aliphatic heterocycles. The van der Waals surface area contributed by atoms with Crippen molar-refractivity contribution in [3.05, 3.63) is 35.9 Å². The first-order valence-electron chi connectivity index (χ1n) is 9.48. The van der Waals surface area contributed by atoms with Gasteiger partial charge in [-0.2, -0.15) is 0 Å². The van der Waals surface area contributed by atoms with Gasteiger partial charge >= 0.3 is 5.97 Å². The Bertz CT molecular complexity index is 552. The molecule has 0 radical (unpaired) electrons. The minimum Gasteiger partial charge on any atom is -0.461 e. The van der Waals surface area contributed by atoms with Crippen LogP contribution in [-0.4, -0.2) is 42.1 Å². The van der Waals surface area contributed by atoms with Crippen molar-refractivity contribution in [2.24, 2.45) is 5.92 Å². The van der Waals surface area contributed by atoms with Crippen molar-refractivity contribution in [2.75, 3.05) is 13.1 Å². The summed E-state index contributed by atoms with van der Waals surface area (Å²) in [7, 11) is 0. The molecular weight excluding hydrogens is 371 g/mol. The van der Waals surface area contributed by atoms with E-state index in [1.165, 1.54) is 25.7 Å². The second kappa shape index (κ2) is 9.93. The third-order valence-corrected chi connectivity index (χ3v) is 6.05. The molecule has 1 aromatic carbocycles. The fraction of sp³-hybridized carbons (Fsp3) is 0.650. The number of hydrogen-bond acceptors (Lipinski definition) is 4. The predicted octanol–water partition coefficient (Wildman–Crippen LogP) is 3.57. The topological polar surface area (TPSA) is 41.6 Å². The van der Waals surface area contributed by atoms with E-state index in [0.29, 0.717) is 6.61 Å². The molecule has 1 N–H and O–H groups in total. The van der Waals surface area contributed by atoms with Crippen LogP contribution in [0.5, 0.6) is 0 Å². The monoisotopic (exact) mass is 400 g/mol. The molecule has 1 unspecified atom stereocenters. The number of carbonyl (C=O) groups is 1. The Kier molecular flexibility index (Phi) is 8.21. The van der Waals surface area contributed by atoms with E-state index in [1.54, 1.807) is 0 Å². The Morgan fingerprint density at radius 2 is 1.62 bits per heavy atom. The third-order valence-electron chi connectivity index (χ3n) is 6.05. The van der Waals surface area contributed by atoms with Crippen LogP contribution in [0, 0.1) is 5.92 Å². The van der Waals surface area contributed by atoms with E-state index in [0.717, 1.165) is 49.6 Å². The lowest BCUT2D eigenvalue weighted by atomic mass is 9.92. The van der Waals surface area contributed by atoms with Gasteiger partial charge in [0.25, 0.3) is 0 Å². The van der Waals surface area contributed by atoms with Crippen LogP contribution in [0.25, 0.3) is 0 Å². The lowest BCUT2D eigenvalue weighted by Gasteiger charge is -2.41. The molecule has 1 aromatic rings. The van der Waals surface area contributed by atoms with Gasteiger partial charge in [0, 0.05) is 18.1 Å². The maximum Gasteiger partial charge on any atom is 0.309 e. The van der Waals surface area contributed by atoms with Gasteiger partial charge < -0.3 is 15.0 Å². The highest BCUT2D eigenvalue weighted by atomic mass is 35.5. The van der Waals surface area contributed by atoms with E-state index >= 15 is 0 Å². The van der Waals surface area contributed by atoms with Gasteiger partial charge in [0.15, 0.2) is 0 Å². The predicted molar refractivity (Wildman–Crippen MR) is 108 cm³/mol. The van der Waals surface area contributed by atoms with E-state index < -0.39 is 0 Å². The van der Waals surface area contributed by atoms with E-state index in [1.807, 2.05) is 30.3 Å². The number of hydrogen-bond donors (Lipinski definition) is 1. The standard InChI is InChI=1S/C20H28N2O2.2ClH/c23-20(24-14-15-4-2-1-3-5-15)16-8-10-22(11-9-16)19-12-17-6-7-18(13-19)21-17;;/h1-5,16-19,21H,6-14H2;2*1H/t17-,18+,19?;;.